The Bertz CT molecular complexity index is 4330. The monoisotopic (exact) mass is 977 g/mol. The van der Waals surface area contributed by atoms with Crippen LogP contribution in [0.2, 0.25) is 0 Å². The van der Waals surface area contributed by atoms with E-state index in [2.05, 4.69) is 308 Å². The Morgan fingerprint density at radius 2 is 0.740 bits per heavy atom. The van der Waals surface area contributed by atoms with Crippen molar-refractivity contribution in [3.05, 3.63) is 342 Å². The van der Waals surface area contributed by atoms with Gasteiger partial charge >= 0.3 is 0 Å². The van der Waals surface area contributed by atoms with Gasteiger partial charge in [-0.25, -0.2) is 0 Å². The van der Waals surface area contributed by atoms with Gasteiger partial charge in [-0.1, -0.05) is 255 Å². The van der Waals surface area contributed by atoms with E-state index in [9.17, 15) is 0 Å². The highest BCUT2D eigenvalue weighted by atomic mass is 15.1. The lowest BCUT2D eigenvalue weighted by molar-refractivity contribution is 0.768. The zero-order valence-corrected chi connectivity index (χ0v) is 42.4. The van der Waals surface area contributed by atoms with Gasteiger partial charge in [0.1, 0.15) is 0 Å². The fraction of sp³-hybridized carbons (Fsp3) is 0.0263. The summed E-state index contributed by atoms with van der Waals surface area (Å²) >= 11 is 0. The second-order valence-corrected chi connectivity index (χ2v) is 20.7. The first-order valence-corrected chi connectivity index (χ1v) is 26.9. The van der Waals surface area contributed by atoms with Crippen molar-refractivity contribution in [1.82, 2.24) is 0 Å². The molecular formula is C76H51N. The molecule has 1 nitrogen and oxygen atoms in total. The molecule has 0 saturated heterocycles. The molecule has 0 heterocycles. The molecule has 77 heavy (non-hydrogen) atoms. The Balaban J connectivity index is 0.869. The SMILES string of the molecule is c1ccc(-c2ccc(N(c3cccc(-c4cccc(-c5ccc6c(c5)C(c5ccccc5)c5c-6c6ccccc6c6ccccc56)c4)c3)c3ccc4c(c3)C(c3ccccc3)(c3ccccc3)c3ccccc3-4)cc2)cc1. The second-order valence-electron chi connectivity index (χ2n) is 20.7. The maximum absolute atomic E-state index is 2.48. The minimum Gasteiger partial charge on any atom is -0.310 e. The van der Waals surface area contributed by atoms with Gasteiger partial charge in [0.25, 0.3) is 0 Å². The molecule has 0 amide bonds. The highest BCUT2D eigenvalue weighted by molar-refractivity contribution is 6.18. The van der Waals surface area contributed by atoms with Crippen molar-refractivity contribution < 1.29 is 0 Å². The summed E-state index contributed by atoms with van der Waals surface area (Å²) in [7, 11) is 0. The highest BCUT2D eigenvalue weighted by Gasteiger charge is 2.46. The third kappa shape index (κ3) is 7.16. The number of anilines is 3. The average molecular weight is 978 g/mol. The molecule has 0 bridgehead atoms. The predicted octanol–water partition coefficient (Wildman–Crippen LogP) is 20.0. The maximum atomic E-state index is 2.48. The zero-order chi connectivity index (χ0) is 50.9. The molecule has 0 fully saturated rings. The topological polar surface area (TPSA) is 3.24 Å². The van der Waals surface area contributed by atoms with Crippen LogP contribution in [0.25, 0.3) is 77.2 Å². The van der Waals surface area contributed by atoms with Crippen molar-refractivity contribution in [1.29, 1.82) is 0 Å². The molecule has 0 aliphatic heterocycles. The van der Waals surface area contributed by atoms with E-state index in [0.29, 0.717) is 0 Å². The van der Waals surface area contributed by atoms with Crippen LogP contribution in [0.3, 0.4) is 0 Å². The van der Waals surface area contributed by atoms with Crippen LogP contribution in [0, 0.1) is 0 Å². The smallest absolute Gasteiger partial charge is 0.0714 e. The van der Waals surface area contributed by atoms with Crippen molar-refractivity contribution >= 4 is 38.6 Å². The summed E-state index contributed by atoms with van der Waals surface area (Å²) in [5.74, 6) is 0.0992. The Hall–Kier alpha value is -9.82. The van der Waals surface area contributed by atoms with Crippen molar-refractivity contribution in [3.8, 4) is 55.6 Å². The lowest BCUT2D eigenvalue weighted by Gasteiger charge is -2.35. The molecule has 0 N–H and O–H groups in total. The third-order valence-electron chi connectivity index (χ3n) is 16.6. The van der Waals surface area contributed by atoms with Crippen molar-refractivity contribution in [3.63, 3.8) is 0 Å². The van der Waals surface area contributed by atoms with Crippen LogP contribution < -0.4 is 4.90 Å². The van der Waals surface area contributed by atoms with Crippen LogP contribution in [0.5, 0.6) is 0 Å². The summed E-state index contributed by atoms with van der Waals surface area (Å²) in [6.45, 7) is 0. The number of fused-ring (bicyclic) bond motifs is 11. The van der Waals surface area contributed by atoms with Crippen molar-refractivity contribution in [2.24, 2.45) is 0 Å². The lowest BCUT2D eigenvalue weighted by atomic mass is 9.67. The molecule has 360 valence electrons. The summed E-state index contributed by atoms with van der Waals surface area (Å²) in [4.78, 5) is 2.45. The van der Waals surface area contributed by atoms with Gasteiger partial charge in [-0.3, -0.25) is 0 Å². The van der Waals surface area contributed by atoms with Crippen molar-refractivity contribution in [2.45, 2.75) is 11.3 Å². The third-order valence-corrected chi connectivity index (χ3v) is 16.6. The van der Waals surface area contributed by atoms with E-state index in [1.807, 2.05) is 0 Å². The molecule has 15 rings (SSSR count). The van der Waals surface area contributed by atoms with Crippen LogP contribution in [0.1, 0.15) is 44.9 Å². The van der Waals surface area contributed by atoms with Gasteiger partial charge < -0.3 is 4.90 Å². The Labute approximate surface area is 450 Å². The normalized spacial score (nSPS) is 13.7. The summed E-state index contributed by atoms with van der Waals surface area (Å²) in [5.41, 5.74) is 24.2. The van der Waals surface area contributed by atoms with E-state index in [0.717, 1.165) is 22.6 Å². The van der Waals surface area contributed by atoms with Gasteiger partial charge in [0, 0.05) is 23.0 Å². The van der Waals surface area contributed by atoms with E-state index in [1.165, 1.54) is 111 Å². The standard InChI is InChI=1S/C76H51N/c1-5-21-51(22-6-1)52-39-42-60(43-40-52)77(62-44-46-66-65-35-17-18-38-71(65)76(72(66)50-62,58-28-9-3-10-29-58)59-30-11-4-12-31-59)61-32-20-27-56(48-61)54-25-19-26-55(47-54)57-41-45-69-70(49-57)73(53-23-7-2-8-24-53)75-68-37-16-14-34-64(68)63-33-13-15-36-67(63)74(69)75/h1-50,73H. The molecule has 0 aromatic heterocycles. The molecule has 2 aliphatic carbocycles. The molecule has 1 unspecified atom stereocenters. The molecule has 2 aliphatic rings. The predicted molar refractivity (Wildman–Crippen MR) is 323 cm³/mol. The minimum atomic E-state index is -0.529. The van der Waals surface area contributed by atoms with E-state index >= 15 is 0 Å². The first-order valence-electron chi connectivity index (χ1n) is 26.9. The van der Waals surface area contributed by atoms with Crippen LogP contribution >= 0.6 is 0 Å². The second kappa shape index (κ2) is 18.2. The van der Waals surface area contributed by atoms with Gasteiger partial charge in [-0.2, -0.15) is 0 Å². The summed E-state index contributed by atoms with van der Waals surface area (Å²) in [6, 6.07) is 113. The summed E-state index contributed by atoms with van der Waals surface area (Å²) in [5, 5.41) is 5.25. The molecule has 0 radical (unpaired) electrons. The number of hydrogen-bond donors (Lipinski definition) is 0. The fourth-order valence-corrected chi connectivity index (χ4v) is 13.3. The first-order chi connectivity index (χ1) is 38.2. The van der Waals surface area contributed by atoms with Crippen LogP contribution in [0.15, 0.2) is 303 Å². The van der Waals surface area contributed by atoms with E-state index in [-0.39, 0.29) is 5.92 Å². The highest BCUT2D eigenvalue weighted by Crippen LogP contribution is 2.58. The van der Waals surface area contributed by atoms with E-state index in [4.69, 9.17) is 0 Å². The van der Waals surface area contributed by atoms with E-state index < -0.39 is 5.41 Å². The van der Waals surface area contributed by atoms with Crippen LogP contribution in [-0.4, -0.2) is 0 Å². The van der Waals surface area contributed by atoms with Gasteiger partial charge in [0.05, 0.1) is 5.41 Å². The minimum absolute atomic E-state index is 0.0992. The lowest BCUT2D eigenvalue weighted by Crippen LogP contribution is -2.28. The Kier molecular flexibility index (Phi) is 10.6. The molecule has 1 atom stereocenters. The largest absolute Gasteiger partial charge is 0.310 e. The van der Waals surface area contributed by atoms with Gasteiger partial charge in [-0.05, 0) is 165 Å². The Morgan fingerprint density at radius 1 is 0.273 bits per heavy atom. The molecule has 0 spiro atoms. The maximum Gasteiger partial charge on any atom is 0.0714 e. The molecular weight excluding hydrogens is 927 g/mol. The van der Waals surface area contributed by atoms with Gasteiger partial charge in [-0.15, -0.1) is 0 Å². The van der Waals surface area contributed by atoms with Gasteiger partial charge in [0.2, 0.25) is 0 Å². The van der Waals surface area contributed by atoms with Crippen LogP contribution in [0.4, 0.5) is 17.1 Å². The number of hydrogen-bond acceptors (Lipinski definition) is 1. The number of rotatable bonds is 9. The van der Waals surface area contributed by atoms with E-state index in [1.54, 1.807) is 0 Å². The zero-order valence-electron chi connectivity index (χ0n) is 42.4. The summed E-state index contributed by atoms with van der Waals surface area (Å²) in [6.07, 6.45) is 0. The molecule has 0 saturated carbocycles. The fourth-order valence-electron chi connectivity index (χ4n) is 13.3. The molecule has 13 aromatic carbocycles. The number of benzene rings is 13. The average Bonchev–Trinajstić information content (AvgIpc) is 4.26. The number of nitrogens with zero attached hydrogens (tertiary/aromatic N) is 1. The molecule has 13 aromatic rings. The quantitative estimate of drug-likeness (QED) is 0.130. The van der Waals surface area contributed by atoms with Crippen LogP contribution in [-0.2, 0) is 5.41 Å². The first kappa shape index (κ1) is 44.6. The van der Waals surface area contributed by atoms with Gasteiger partial charge in [0.15, 0.2) is 0 Å². The molecule has 1 heteroatoms. The summed E-state index contributed by atoms with van der Waals surface area (Å²) < 4.78 is 0. The Morgan fingerprint density at radius 3 is 1.44 bits per heavy atom. The van der Waals surface area contributed by atoms with Crippen molar-refractivity contribution in [2.75, 3.05) is 4.90 Å².